The topological polar surface area (TPSA) is 24.5 Å². The molecule has 0 spiro atoms. The van der Waals surface area contributed by atoms with Crippen molar-refractivity contribution in [3.8, 4) is 0 Å². The minimum atomic E-state index is 0.776. The molecule has 0 saturated carbocycles. The summed E-state index contributed by atoms with van der Waals surface area (Å²) >= 11 is 5.36. The van der Waals surface area contributed by atoms with E-state index in [0.29, 0.717) is 0 Å². The van der Waals surface area contributed by atoms with Gasteiger partial charge in [0.2, 0.25) is 0 Å². The molecule has 1 aromatic carbocycles. The van der Waals surface area contributed by atoms with Gasteiger partial charge in [-0.1, -0.05) is 29.8 Å². The van der Waals surface area contributed by atoms with Crippen LogP contribution in [0.15, 0.2) is 24.3 Å². The molecule has 19 heavy (non-hydrogen) atoms. The molecule has 0 amide bonds. The van der Waals surface area contributed by atoms with Gasteiger partial charge in [-0.3, -0.25) is 0 Å². The van der Waals surface area contributed by atoms with E-state index in [2.05, 4.69) is 41.4 Å². The van der Waals surface area contributed by atoms with Crippen molar-refractivity contribution in [2.75, 3.05) is 26.8 Å². The average molecular weight is 280 g/mol. The molecule has 0 aliphatic rings. The molecule has 0 saturated heterocycles. The van der Waals surface area contributed by atoms with Gasteiger partial charge in [0.15, 0.2) is 5.11 Å². The maximum absolute atomic E-state index is 5.36. The van der Waals surface area contributed by atoms with Gasteiger partial charge in [-0.25, -0.2) is 0 Å². The summed E-state index contributed by atoms with van der Waals surface area (Å²) in [5, 5.41) is 4.04. The largest absolute Gasteiger partial charge is 0.382 e. The maximum Gasteiger partial charge on any atom is 0.168 e. The minimum Gasteiger partial charge on any atom is -0.382 e. The molecule has 1 aromatic rings. The number of rotatable bonds is 7. The van der Waals surface area contributed by atoms with Crippen molar-refractivity contribution in [1.29, 1.82) is 0 Å². The molecule has 0 heterocycles. The first kappa shape index (κ1) is 15.9. The lowest BCUT2D eigenvalue weighted by atomic mass is 10.1. The molecule has 4 heteroatoms. The number of ether oxygens (including phenoxy) is 1. The first-order valence-corrected chi connectivity index (χ1v) is 7.16. The lowest BCUT2D eigenvalue weighted by Crippen LogP contribution is -2.37. The summed E-state index contributed by atoms with van der Waals surface area (Å²) in [6, 6.07) is 8.50. The third-order valence-electron chi connectivity index (χ3n) is 2.79. The summed E-state index contributed by atoms with van der Waals surface area (Å²) in [5.74, 6) is 0. The van der Waals surface area contributed by atoms with Gasteiger partial charge in [-0.2, -0.15) is 0 Å². The van der Waals surface area contributed by atoms with Crippen LogP contribution in [0, 0.1) is 6.92 Å². The third-order valence-corrected chi connectivity index (χ3v) is 3.25. The third kappa shape index (κ3) is 6.55. The SMILES string of the molecule is CCOCCCNC(=S)N(C)Cc1cccc(C)c1. The van der Waals surface area contributed by atoms with Crippen molar-refractivity contribution in [2.45, 2.75) is 26.8 Å². The molecule has 1 rings (SSSR count). The molecule has 106 valence electrons. The Morgan fingerprint density at radius 2 is 2.21 bits per heavy atom. The van der Waals surface area contributed by atoms with Crippen LogP contribution in [-0.2, 0) is 11.3 Å². The van der Waals surface area contributed by atoms with Crippen molar-refractivity contribution in [2.24, 2.45) is 0 Å². The van der Waals surface area contributed by atoms with Gasteiger partial charge in [-0.05, 0) is 38.0 Å². The van der Waals surface area contributed by atoms with Gasteiger partial charge in [0.05, 0.1) is 0 Å². The molecule has 0 unspecified atom stereocenters. The van der Waals surface area contributed by atoms with Gasteiger partial charge in [-0.15, -0.1) is 0 Å². The Hall–Kier alpha value is -1.13. The summed E-state index contributed by atoms with van der Waals surface area (Å²) in [5.41, 5.74) is 2.56. The zero-order valence-corrected chi connectivity index (χ0v) is 12.9. The van der Waals surface area contributed by atoms with Gasteiger partial charge in [0, 0.05) is 33.4 Å². The van der Waals surface area contributed by atoms with Crippen LogP contribution in [0.2, 0.25) is 0 Å². The molecular weight excluding hydrogens is 256 g/mol. The zero-order chi connectivity index (χ0) is 14.1. The van der Waals surface area contributed by atoms with Crippen LogP contribution in [0.5, 0.6) is 0 Å². The van der Waals surface area contributed by atoms with E-state index in [0.717, 1.165) is 37.8 Å². The lowest BCUT2D eigenvalue weighted by molar-refractivity contribution is 0.145. The van der Waals surface area contributed by atoms with Crippen LogP contribution in [0.25, 0.3) is 0 Å². The summed E-state index contributed by atoms with van der Waals surface area (Å²) in [6.07, 6.45) is 0.978. The fourth-order valence-electron chi connectivity index (χ4n) is 1.81. The first-order valence-electron chi connectivity index (χ1n) is 6.75. The Bertz CT molecular complexity index is 395. The summed E-state index contributed by atoms with van der Waals surface area (Å²) in [4.78, 5) is 2.06. The van der Waals surface area contributed by atoms with Crippen molar-refractivity contribution in [3.63, 3.8) is 0 Å². The monoisotopic (exact) mass is 280 g/mol. The molecule has 0 aliphatic heterocycles. The molecule has 3 nitrogen and oxygen atoms in total. The van der Waals surface area contributed by atoms with Gasteiger partial charge in [0.1, 0.15) is 0 Å². The lowest BCUT2D eigenvalue weighted by Gasteiger charge is -2.21. The molecule has 0 atom stereocenters. The second kappa shape index (κ2) is 8.88. The Morgan fingerprint density at radius 3 is 2.89 bits per heavy atom. The quantitative estimate of drug-likeness (QED) is 0.613. The van der Waals surface area contributed by atoms with E-state index in [1.165, 1.54) is 11.1 Å². The fraction of sp³-hybridized carbons (Fsp3) is 0.533. The highest BCUT2D eigenvalue weighted by molar-refractivity contribution is 7.80. The van der Waals surface area contributed by atoms with E-state index < -0.39 is 0 Å². The number of thiocarbonyl (C=S) groups is 1. The average Bonchev–Trinajstić information content (AvgIpc) is 2.38. The number of hydrogen-bond acceptors (Lipinski definition) is 2. The molecule has 0 fully saturated rings. The zero-order valence-electron chi connectivity index (χ0n) is 12.1. The summed E-state index contributed by atoms with van der Waals surface area (Å²) in [6.45, 7) is 7.36. The predicted molar refractivity (Wildman–Crippen MR) is 84.4 cm³/mol. The smallest absolute Gasteiger partial charge is 0.168 e. The van der Waals surface area contributed by atoms with Crippen molar-refractivity contribution >= 4 is 17.3 Å². The molecule has 0 aliphatic carbocycles. The number of benzene rings is 1. The molecule has 1 N–H and O–H groups in total. The Balaban J connectivity index is 2.28. The first-order chi connectivity index (χ1) is 9.13. The molecule has 0 aromatic heterocycles. The molecule has 0 bridgehead atoms. The standard InChI is InChI=1S/C15H24N2OS/c1-4-18-10-6-9-16-15(19)17(3)12-14-8-5-7-13(2)11-14/h5,7-8,11H,4,6,9-10,12H2,1-3H3,(H,16,19). The highest BCUT2D eigenvalue weighted by atomic mass is 32.1. The fourth-order valence-corrected chi connectivity index (χ4v) is 1.97. The van der Waals surface area contributed by atoms with Crippen LogP contribution >= 0.6 is 12.2 Å². The molecule has 0 radical (unpaired) electrons. The van der Waals surface area contributed by atoms with Crippen molar-refractivity contribution in [3.05, 3.63) is 35.4 Å². The van der Waals surface area contributed by atoms with Crippen LogP contribution in [0.1, 0.15) is 24.5 Å². The van der Waals surface area contributed by atoms with Crippen LogP contribution in [0.3, 0.4) is 0 Å². The van der Waals surface area contributed by atoms with E-state index in [1.807, 2.05) is 14.0 Å². The highest BCUT2D eigenvalue weighted by Crippen LogP contribution is 2.06. The Kier molecular flexibility index (Phi) is 7.45. The molecular formula is C15H24N2OS. The van der Waals surface area contributed by atoms with Gasteiger partial charge >= 0.3 is 0 Å². The van der Waals surface area contributed by atoms with E-state index in [4.69, 9.17) is 17.0 Å². The predicted octanol–water partition coefficient (Wildman–Crippen LogP) is 2.73. The van der Waals surface area contributed by atoms with Crippen LogP contribution in [0.4, 0.5) is 0 Å². The highest BCUT2D eigenvalue weighted by Gasteiger charge is 2.04. The van der Waals surface area contributed by atoms with E-state index in [1.54, 1.807) is 0 Å². The summed E-state index contributed by atoms with van der Waals surface area (Å²) in [7, 11) is 2.01. The Labute approximate surface area is 121 Å². The van der Waals surface area contributed by atoms with E-state index >= 15 is 0 Å². The number of nitrogens with one attached hydrogen (secondary N) is 1. The van der Waals surface area contributed by atoms with Crippen molar-refractivity contribution in [1.82, 2.24) is 10.2 Å². The van der Waals surface area contributed by atoms with Crippen molar-refractivity contribution < 1.29 is 4.74 Å². The van der Waals surface area contributed by atoms with E-state index in [-0.39, 0.29) is 0 Å². The maximum atomic E-state index is 5.36. The summed E-state index contributed by atoms with van der Waals surface area (Å²) < 4.78 is 5.29. The van der Waals surface area contributed by atoms with E-state index in [9.17, 15) is 0 Å². The minimum absolute atomic E-state index is 0.776. The van der Waals surface area contributed by atoms with Gasteiger partial charge in [0.25, 0.3) is 0 Å². The van der Waals surface area contributed by atoms with Crippen LogP contribution in [-0.4, -0.2) is 36.8 Å². The number of nitrogens with zero attached hydrogens (tertiary/aromatic N) is 1. The van der Waals surface area contributed by atoms with Crippen LogP contribution < -0.4 is 5.32 Å². The Morgan fingerprint density at radius 1 is 1.42 bits per heavy atom. The second-order valence-corrected chi connectivity index (χ2v) is 5.01. The normalized spacial score (nSPS) is 10.3. The van der Waals surface area contributed by atoms with Gasteiger partial charge < -0.3 is 15.0 Å². The number of aryl methyl sites for hydroxylation is 1. The second-order valence-electron chi connectivity index (χ2n) is 4.63. The number of hydrogen-bond donors (Lipinski definition) is 1.